The number of benzene rings is 1. The molecule has 0 aliphatic carbocycles. The van der Waals surface area contributed by atoms with E-state index in [4.69, 9.17) is 16.7 Å². The molecule has 0 amide bonds. The van der Waals surface area contributed by atoms with Crippen molar-refractivity contribution in [1.29, 1.82) is 0 Å². The molecule has 0 bridgehead atoms. The van der Waals surface area contributed by atoms with Crippen LogP contribution in [-0.2, 0) is 6.61 Å². The zero-order chi connectivity index (χ0) is 10.1. The van der Waals surface area contributed by atoms with Gasteiger partial charge in [0.15, 0.2) is 0 Å². The minimum atomic E-state index is 0.0280. The summed E-state index contributed by atoms with van der Waals surface area (Å²) in [5, 5.41) is 10.6. The quantitative estimate of drug-likeness (QED) is 0.780. The fourth-order valence-electron chi connectivity index (χ4n) is 1.41. The lowest BCUT2D eigenvalue weighted by Crippen LogP contribution is -1.87. The van der Waals surface area contributed by atoms with Gasteiger partial charge < -0.3 is 5.11 Å². The van der Waals surface area contributed by atoms with Gasteiger partial charge in [0.25, 0.3) is 0 Å². The summed E-state index contributed by atoms with van der Waals surface area (Å²) in [5.74, 6) is 0. The van der Waals surface area contributed by atoms with Gasteiger partial charge in [0.2, 0.25) is 0 Å². The first-order valence-electron chi connectivity index (χ1n) is 4.37. The van der Waals surface area contributed by atoms with E-state index < -0.39 is 0 Å². The van der Waals surface area contributed by atoms with Crippen LogP contribution in [0.15, 0.2) is 24.4 Å². The fraction of sp³-hybridized carbons (Fsp3) is 0.182. The van der Waals surface area contributed by atoms with Crippen LogP contribution in [0.1, 0.15) is 11.1 Å². The largest absolute Gasteiger partial charge is 0.392 e. The Morgan fingerprint density at radius 3 is 2.93 bits per heavy atom. The number of halogens is 1. The lowest BCUT2D eigenvalue weighted by molar-refractivity contribution is 0.282. The predicted octanol–water partition coefficient (Wildman–Crippen LogP) is 2.69. The van der Waals surface area contributed by atoms with Crippen molar-refractivity contribution in [3.05, 3.63) is 40.5 Å². The average Bonchev–Trinajstić information content (AvgIpc) is 2.23. The van der Waals surface area contributed by atoms with Crippen LogP contribution in [0.5, 0.6) is 0 Å². The molecule has 0 fully saturated rings. The molecule has 1 aromatic carbocycles. The van der Waals surface area contributed by atoms with Gasteiger partial charge in [-0.25, -0.2) is 0 Å². The maximum absolute atomic E-state index is 8.99. The predicted molar refractivity (Wildman–Crippen MR) is 57.4 cm³/mol. The van der Waals surface area contributed by atoms with E-state index in [0.717, 1.165) is 22.0 Å². The molecule has 2 nitrogen and oxygen atoms in total. The molecule has 72 valence electrons. The SMILES string of the molecule is Cc1cnc2ccc(CO)cc2c1Cl. The molecule has 1 aromatic heterocycles. The second kappa shape index (κ2) is 3.56. The van der Waals surface area contributed by atoms with Crippen molar-refractivity contribution in [2.45, 2.75) is 13.5 Å². The number of aliphatic hydroxyl groups is 1. The van der Waals surface area contributed by atoms with Crippen molar-refractivity contribution in [2.24, 2.45) is 0 Å². The van der Waals surface area contributed by atoms with Crippen LogP contribution in [-0.4, -0.2) is 10.1 Å². The van der Waals surface area contributed by atoms with Gasteiger partial charge in [-0.1, -0.05) is 17.7 Å². The van der Waals surface area contributed by atoms with E-state index in [1.54, 1.807) is 6.20 Å². The van der Waals surface area contributed by atoms with Gasteiger partial charge in [-0.2, -0.15) is 0 Å². The van der Waals surface area contributed by atoms with E-state index >= 15 is 0 Å². The number of aliphatic hydroxyl groups excluding tert-OH is 1. The summed E-state index contributed by atoms with van der Waals surface area (Å²) in [7, 11) is 0. The molecule has 0 unspecified atom stereocenters. The standard InChI is InChI=1S/C11H10ClNO/c1-7-5-13-10-3-2-8(6-14)4-9(10)11(7)12/h2-5,14H,6H2,1H3. The molecule has 0 saturated heterocycles. The second-order valence-electron chi connectivity index (χ2n) is 3.26. The van der Waals surface area contributed by atoms with Crippen molar-refractivity contribution < 1.29 is 5.11 Å². The maximum Gasteiger partial charge on any atom is 0.0717 e. The number of fused-ring (bicyclic) bond motifs is 1. The highest BCUT2D eigenvalue weighted by molar-refractivity contribution is 6.36. The molecule has 0 aliphatic rings. The molecule has 0 aliphatic heterocycles. The summed E-state index contributed by atoms with van der Waals surface area (Å²) in [6, 6.07) is 5.59. The summed E-state index contributed by atoms with van der Waals surface area (Å²) < 4.78 is 0. The number of hydrogen-bond donors (Lipinski definition) is 1. The molecule has 2 aromatic rings. The lowest BCUT2D eigenvalue weighted by Gasteiger charge is -2.04. The average molecular weight is 208 g/mol. The molecule has 3 heteroatoms. The monoisotopic (exact) mass is 207 g/mol. The van der Waals surface area contributed by atoms with Gasteiger partial charge in [-0.3, -0.25) is 4.98 Å². The molecule has 1 heterocycles. The Kier molecular flexibility index (Phi) is 2.40. The minimum absolute atomic E-state index is 0.0280. The van der Waals surface area contributed by atoms with E-state index in [1.165, 1.54) is 0 Å². The highest BCUT2D eigenvalue weighted by Gasteiger charge is 2.03. The first-order chi connectivity index (χ1) is 6.72. The van der Waals surface area contributed by atoms with Crippen LogP contribution in [0.25, 0.3) is 10.9 Å². The van der Waals surface area contributed by atoms with Gasteiger partial charge in [0, 0.05) is 11.6 Å². The van der Waals surface area contributed by atoms with Crippen molar-refractivity contribution in [2.75, 3.05) is 0 Å². The molecule has 0 radical (unpaired) electrons. The summed E-state index contributed by atoms with van der Waals surface area (Å²) in [5.41, 5.74) is 2.67. The Balaban J connectivity index is 2.78. The number of hydrogen-bond acceptors (Lipinski definition) is 2. The van der Waals surface area contributed by atoms with Gasteiger partial charge in [-0.05, 0) is 30.2 Å². The zero-order valence-electron chi connectivity index (χ0n) is 7.79. The number of nitrogens with zero attached hydrogens (tertiary/aromatic N) is 1. The van der Waals surface area contributed by atoms with Gasteiger partial charge >= 0.3 is 0 Å². The molecule has 1 N–H and O–H groups in total. The molecule has 0 atom stereocenters. The Labute approximate surface area is 87.2 Å². The summed E-state index contributed by atoms with van der Waals surface area (Å²) >= 11 is 6.13. The highest BCUT2D eigenvalue weighted by Crippen LogP contribution is 2.25. The third kappa shape index (κ3) is 1.47. The minimum Gasteiger partial charge on any atom is -0.392 e. The Bertz CT molecular complexity index is 482. The smallest absolute Gasteiger partial charge is 0.0717 e. The molecule has 2 rings (SSSR count). The number of rotatable bonds is 1. The van der Waals surface area contributed by atoms with E-state index in [-0.39, 0.29) is 6.61 Å². The van der Waals surface area contributed by atoms with Gasteiger partial charge in [-0.15, -0.1) is 0 Å². The number of aromatic nitrogens is 1. The van der Waals surface area contributed by atoms with Gasteiger partial charge in [0.1, 0.15) is 0 Å². The zero-order valence-corrected chi connectivity index (χ0v) is 8.54. The summed E-state index contributed by atoms with van der Waals surface area (Å²) in [6.07, 6.45) is 1.75. The third-order valence-corrected chi connectivity index (χ3v) is 2.73. The van der Waals surface area contributed by atoms with Crippen LogP contribution in [0.2, 0.25) is 5.02 Å². The fourth-order valence-corrected chi connectivity index (χ4v) is 1.61. The highest BCUT2D eigenvalue weighted by atomic mass is 35.5. The van der Waals surface area contributed by atoms with E-state index in [0.29, 0.717) is 5.02 Å². The normalized spacial score (nSPS) is 10.8. The Morgan fingerprint density at radius 2 is 2.21 bits per heavy atom. The van der Waals surface area contributed by atoms with Crippen molar-refractivity contribution in [3.8, 4) is 0 Å². The summed E-state index contributed by atoms with van der Waals surface area (Å²) in [4.78, 5) is 4.25. The second-order valence-corrected chi connectivity index (χ2v) is 3.64. The molecule has 0 spiro atoms. The maximum atomic E-state index is 8.99. The first-order valence-corrected chi connectivity index (χ1v) is 4.75. The number of aryl methyl sites for hydroxylation is 1. The number of pyridine rings is 1. The van der Waals surface area contributed by atoms with Crippen LogP contribution in [0.4, 0.5) is 0 Å². The Hall–Kier alpha value is -1.12. The molecular weight excluding hydrogens is 198 g/mol. The van der Waals surface area contributed by atoms with Crippen LogP contribution in [0, 0.1) is 6.92 Å². The molecular formula is C11H10ClNO. The molecule has 14 heavy (non-hydrogen) atoms. The summed E-state index contributed by atoms with van der Waals surface area (Å²) in [6.45, 7) is 1.95. The third-order valence-electron chi connectivity index (χ3n) is 2.22. The van der Waals surface area contributed by atoms with Crippen LogP contribution >= 0.6 is 11.6 Å². The van der Waals surface area contributed by atoms with E-state index in [9.17, 15) is 0 Å². The Morgan fingerprint density at radius 1 is 1.43 bits per heavy atom. The van der Waals surface area contributed by atoms with Crippen LogP contribution < -0.4 is 0 Å². The van der Waals surface area contributed by atoms with Gasteiger partial charge in [0.05, 0.1) is 17.1 Å². The van der Waals surface area contributed by atoms with Crippen molar-refractivity contribution >= 4 is 22.5 Å². The van der Waals surface area contributed by atoms with Crippen molar-refractivity contribution in [1.82, 2.24) is 4.98 Å². The van der Waals surface area contributed by atoms with Crippen LogP contribution in [0.3, 0.4) is 0 Å². The topological polar surface area (TPSA) is 33.1 Å². The van der Waals surface area contributed by atoms with Crippen molar-refractivity contribution in [3.63, 3.8) is 0 Å². The molecule has 0 saturated carbocycles. The van der Waals surface area contributed by atoms with E-state index in [2.05, 4.69) is 4.98 Å². The van der Waals surface area contributed by atoms with E-state index in [1.807, 2.05) is 25.1 Å². The first kappa shape index (κ1) is 9.44. The lowest BCUT2D eigenvalue weighted by atomic mass is 10.1.